The Morgan fingerprint density at radius 2 is 1.88 bits per heavy atom. The molecule has 0 saturated carbocycles. The summed E-state index contributed by atoms with van der Waals surface area (Å²) in [7, 11) is 0. The van der Waals surface area contributed by atoms with Crippen LogP contribution in [0.3, 0.4) is 0 Å². The lowest BCUT2D eigenvalue weighted by Crippen LogP contribution is -2.47. The molecule has 0 saturated heterocycles. The molecule has 0 aliphatic carbocycles. The van der Waals surface area contributed by atoms with Crippen molar-refractivity contribution in [2.45, 2.75) is 26.4 Å². The third-order valence-electron chi connectivity index (χ3n) is 5.83. The van der Waals surface area contributed by atoms with Crippen LogP contribution in [0.2, 0.25) is 0 Å². The van der Waals surface area contributed by atoms with E-state index < -0.39 is 6.10 Å². The van der Waals surface area contributed by atoms with Crippen molar-refractivity contribution in [2.75, 3.05) is 18.1 Å². The number of amides is 1. The highest BCUT2D eigenvalue weighted by Crippen LogP contribution is 2.39. The van der Waals surface area contributed by atoms with Gasteiger partial charge in [0.25, 0.3) is 5.91 Å². The predicted molar refractivity (Wildman–Crippen MR) is 137 cm³/mol. The lowest BCUT2D eigenvalue weighted by molar-refractivity contribution is -0.126. The lowest BCUT2D eigenvalue weighted by atomic mass is 10.1. The van der Waals surface area contributed by atoms with Crippen molar-refractivity contribution in [3.8, 4) is 33.3 Å². The third kappa shape index (κ3) is 4.54. The molecule has 0 fully saturated rings. The van der Waals surface area contributed by atoms with Gasteiger partial charge in [0.05, 0.1) is 17.9 Å². The van der Waals surface area contributed by atoms with E-state index in [0.29, 0.717) is 25.3 Å². The maximum atomic E-state index is 13.2. The van der Waals surface area contributed by atoms with Crippen molar-refractivity contribution in [1.29, 1.82) is 0 Å². The number of carbonyl (C=O) groups excluding carboxylic acids is 1. The molecule has 0 bridgehead atoms. The van der Waals surface area contributed by atoms with Crippen LogP contribution in [0.5, 0.6) is 11.5 Å². The summed E-state index contributed by atoms with van der Waals surface area (Å²) in [5.41, 5.74) is 4.82. The average molecular weight is 471 g/mol. The quantitative estimate of drug-likeness (QED) is 0.315. The smallest absolute Gasteiger partial charge is 0.268 e. The van der Waals surface area contributed by atoms with E-state index >= 15 is 0 Å². The number of hydrogen-bond donors (Lipinski definition) is 0. The highest BCUT2D eigenvalue weighted by molar-refractivity contribution is 7.13. The lowest BCUT2D eigenvalue weighted by Gasteiger charge is -2.34. The maximum absolute atomic E-state index is 13.2. The zero-order valence-corrected chi connectivity index (χ0v) is 20.0. The van der Waals surface area contributed by atoms with E-state index in [1.165, 1.54) is 0 Å². The van der Waals surface area contributed by atoms with Gasteiger partial charge in [-0.25, -0.2) is 4.98 Å². The number of ether oxygens (including phenoxy) is 2. The van der Waals surface area contributed by atoms with Crippen LogP contribution in [0.15, 0.2) is 78.2 Å². The van der Waals surface area contributed by atoms with Crippen molar-refractivity contribution in [3.63, 3.8) is 0 Å². The Hall–Kier alpha value is -3.64. The average Bonchev–Trinajstić information content (AvgIpc) is 3.36. The normalized spacial score (nSPS) is 15.1. The van der Waals surface area contributed by atoms with Crippen LogP contribution in [-0.2, 0) is 4.79 Å². The summed E-state index contributed by atoms with van der Waals surface area (Å²) in [6.45, 7) is 4.83. The maximum Gasteiger partial charge on any atom is 0.268 e. The van der Waals surface area contributed by atoms with Gasteiger partial charge in [-0.05, 0) is 49.2 Å². The van der Waals surface area contributed by atoms with Gasteiger partial charge in [0, 0.05) is 16.5 Å². The number of nitrogens with zero attached hydrogens (tertiary/aromatic N) is 2. The van der Waals surface area contributed by atoms with Crippen LogP contribution in [0.25, 0.3) is 21.8 Å². The second-order valence-corrected chi connectivity index (χ2v) is 9.11. The van der Waals surface area contributed by atoms with Crippen molar-refractivity contribution >= 4 is 22.9 Å². The molecule has 1 unspecified atom stereocenters. The van der Waals surface area contributed by atoms with E-state index in [-0.39, 0.29) is 5.91 Å². The number of rotatable bonds is 7. The van der Waals surface area contributed by atoms with E-state index in [2.05, 4.69) is 17.5 Å². The molecule has 172 valence electrons. The first-order valence-electron chi connectivity index (χ1n) is 11.5. The predicted octanol–water partition coefficient (Wildman–Crippen LogP) is 6.37. The van der Waals surface area contributed by atoms with Crippen molar-refractivity contribution < 1.29 is 14.3 Å². The third-order valence-corrected chi connectivity index (χ3v) is 6.72. The fraction of sp³-hybridized carbons (Fsp3) is 0.214. The Balaban J connectivity index is 1.41. The largest absolute Gasteiger partial charge is 0.492 e. The summed E-state index contributed by atoms with van der Waals surface area (Å²) in [5.74, 6) is 1.48. The van der Waals surface area contributed by atoms with E-state index in [4.69, 9.17) is 14.5 Å². The molecule has 5 rings (SSSR count). The molecule has 1 aliphatic rings. The first-order chi connectivity index (χ1) is 16.6. The van der Waals surface area contributed by atoms with Gasteiger partial charge in [-0.3, -0.25) is 4.79 Å². The molecule has 4 aromatic rings. The Kier molecular flexibility index (Phi) is 6.32. The van der Waals surface area contributed by atoms with Gasteiger partial charge in [-0.2, -0.15) is 0 Å². The standard InChI is InChI=1S/C28H26N2O3S/c1-3-25-28(31)30(14-15-32-22-11-7-8-19(2)16-22)24-17-21(12-13-26(24)33-25)23-18-34-27(29-23)20-9-5-4-6-10-20/h4-13,16-18,25H,3,14-15H2,1-2H3. The number of anilines is 1. The van der Waals surface area contributed by atoms with Crippen LogP contribution >= 0.6 is 11.3 Å². The van der Waals surface area contributed by atoms with Gasteiger partial charge in [0.2, 0.25) is 0 Å². The van der Waals surface area contributed by atoms with Gasteiger partial charge in [-0.15, -0.1) is 11.3 Å². The Labute approximate surface area is 203 Å². The van der Waals surface area contributed by atoms with E-state index in [9.17, 15) is 4.79 Å². The zero-order valence-electron chi connectivity index (χ0n) is 19.2. The number of fused-ring (bicyclic) bond motifs is 1. The summed E-state index contributed by atoms with van der Waals surface area (Å²) in [6.07, 6.45) is 0.128. The molecule has 5 nitrogen and oxygen atoms in total. The molecule has 1 atom stereocenters. The highest BCUT2D eigenvalue weighted by atomic mass is 32.1. The second kappa shape index (κ2) is 9.69. The minimum atomic E-state index is -0.485. The summed E-state index contributed by atoms with van der Waals surface area (Å²) < 4.78 is 12.0. The minimum absolute atomic E-state index is 0.0387. The number of benzene rings is 3. The number of hydrogen-bond acceptors (Lipinski definition) is 5. The van der Waals surface area contributed by atoms with Crippen molar-refractivity contribution in [2.24, 2.45) is 0 Å². The first-order valence-corrected chi connectivity index (χ1v) is 12.3. The monoisotopic (exact) mass is 470 g/mol. The minimum Gasteiger partial charge on any atom is -0.492 e. The number of aryl methyl sites for hydroxylation is 1. The molecule has 1 amide bonds. The molecular weight excluding hydrogens is 444 g/mol. The van der Waals surface area contributed by atoms with Crippen molar-refractivity contribution in [3.05, 3.63) is 83.7 Å². The SMILES string of the molecule is CCC1Oc2ccc(-c3csc(-c4ccccc4)n3)cc2N(CCOc2cccc(C)c2)C1=O. The number of carbonyl (C=O) groups is 1. The van der Waals surface area contributed by atoms with E-state index in [1.54, 1.807) is 16.2 Å². The van der Waals surface area contributed by atoms with Gasteiger partial charge in [0.1, 0.15) is 23.1 Å². The van der Waals surface area contributed by atoms with E-state index in [0.717, 1.165) is 38.8 Å². The zero-order chi connectivity index (χ0) is 23.5. The molecule has 0 radical (unpaired) electrons. The summed E-state index contributed by atoms with van der Waals surface area (Å²) >= 11 is 1.61. The van der Waals surface area contributed by atoms with Gasteiger partial charge < -0.3 is 14.4 Å². The molecule has 1 aromatic heterocycles. The van der Waals surface area contributed by atoms with E-state index in [1.807, 2.05) is 74.5 Å². The van der Waals surface area contributed by atoms with Crippen LogP contribution in [-0.4, -0.2) is 30.1 Å². The molecule has 34 heavy (non-hydrogen) atoms. The molecule has 0 N–H and O–H groups in total. The topological polar surface area (TPSA) is 51.7 Å². The molecule has 3 aromatic carbocycles. The van der Waals surface area contributed by atoms with Crippen LogP contribution in [0.4, 0.5) is 5.69 Å². The number of thiazole rings is 1. The molecule has 2 heterocycles. The molecule has 1 aliphatic heterocycles. The summed E-state index contributed by atoms with van der Waals surface area (Å²) in [5, 5.41) is 3.02. The summed E-state index contributed by atoms with van der Waals surface area (Å²) in [4.78, 5) is 19.8. The fourth-order valence-corrected chi connectivity index (χ4v) is 4.89. The highest BCUT2D eigenvalue weighted by Gasteiger charge is 2.33. The first kappa shape index (κ1) is 22.2. The van der Waals surface area contributed by atoms with Crippen molar-refractivity contribution in [1.82, 2.24) is 4.98 Å². The van der Waals surface area contributed by atoms with Gasteiger partial charge >= 0.3 is 0 Å². The Bertz CT molecular complexity index is 1300. The molecule has 0 spiro atoms. The van der Waals surface area contributed by atoms with Crippen LogP contribution in [0.1, 0.15) is 18.9 Å². The Morgan fingerprint density at radius 3 is 2.68 bits per heavy atom. The van der Waals surface area contributed by atoms with Gasteiger partial charge in [-0.1, -0.05) is 49.4 Å². The number of aromatic nitrogens is 1. The van der Waals surface area contributed by atoms with Crippen LogP contribution < -0.4 is 14.4 Å². The molecular formula is C28H26N2O3S. The Morgan fingerprint density at radius 1 is 1.03 bits per heavy atom. The summed E-state index contributed by atoms with van der Waals surface area (Å²) in [6, 6.07) is 24.0. The van der Waals surface area contributed by atoms with Crippen LogP contribution in [0, 0.1) is 6.92 Å². The molecule has 6 heteroatoms. The van der Waals surface area contributed by atoms with Gasteiger partial charge in [0.15, 0.2) is 6.10 Å². The second-order valence-electron chi connectivity index (χ2n) is 8.26. The fourth-order valence-electron chi connectivity index (χ4n) is 4.05.